The lowest BCUT2D eigenvalue weighted by Gasteiger charge is -2.25. The summed E-state index contributed by atoms with van der Waals surface area (Å²) < 4.78 is 0. The molecule has 0 fully saturated rings. The maximum absolute atomic E-state index is 9.88. The molecule has 1 aromatic carbocycles. The molecule has 2 aliphatic rings. The van der Waals surface area contributed by atoms with Crippen LogP contribution >= 0.6 is 0 Å². The highest BCUT2D eigenvalue weighted by Crippen LogP contribution is 2.28. The Morgan fingerprint density at radius 3 is 3.11 bits per heavy atom. The van der Waals surface area contributed by atoms with Crippen LogP contribution in [0, 0.1) is 0 Å². The van der Waals surface area contributed by atoms with Gasteiger partial charge in [-0.05, 0) is 18.6 Å². The molecule has 4 nitrogen and oxygen atoms in total. The Labute approximate surface area is 112 Å². The molecule has 0 amide bonds. The minimum Gasteiger partial charge on any atom is -0.512 e. The number of benzene rings is 1. The molecule has 0 saturated carbocycles. The standard InChI is InChI=1S/C15H17N3O/c1-2-5-11(19)10-14-17-13-7-4-3-6-12(13)15-16-8-9-18(14)15/h3-4,6-7,10,19H,2,5,8-9H2,1H3/b11-10-. The molecule has 2 aliphatic heterocycles. The summed E-state index contributed by atoms with van der Waals surface area (Å²) in [6, 6.07) is 8.00. The smallest absolute Gasteiger partial charge is 0.138 e. The SMILES string of the molecule is CCC/C(O)=C/C1=Nc2ccccc2C2=NCCN12. The second kappa shape index (κ2) is 4.88. The van der Waals surface area contributed by atoms with Gasteiger partial charge < -0.3 is 10.0 Å². The van der Waals surface area contributed by atoms with Gasteiger partial charge in [0, 0.05) is 24.6 Å². The number of allylic oxidation sites excluding steroid dienone is 1. The van der Waals surface area contributed by atoms with E-state index in [4.69, 9.17) is 0 Å². The number of nitrogens with zero attached hydrogens (tertiary/aromatic N) is 3. The van der Waals surface area contributed by atoms with E-state index in [1.165, 1.54) is 0 Å². The first-order chi connectivity index (χ1) is 9.29. The number of para-hydroxylation sites is 1. The van der Waals surface area contributed by atoms with E-state index >= 15 is 0 Å². The topological polar surface area (TPSA) is 48.2 Å². The molecular formula is C15H17N3O. The molecule has 0 saturated heterocycles. The number of amidine groups is 2. The van der Waals surface area contributed by atoms with E-state index in [0.717, 1.165) is 42.4 Å². The van der Waals surface area contributed by atoms with Gasteiger partial charge in [0.1, 0.15) is 11.7 Å². The first kappa shape index (κ1) is 12.0. The number of fused-ring (bicyclic) bond motifs is 3. The Hall–Kier alpha value is -2.10. The molecule has 98 valence electrons. The van der Waals surface area contributed by atoms with Crippen LogP contribution in [0.4, 0.5) is 5.69 Å². The summed E-state index contributed by atoms with van der Waals surface area (Å²) >= 11 is 0. The summed E-state index contributed by atoms with van der Waals surface area (Å²) in [5, 5.41) is 9.88. The third-order valence-corrected chi connectivity index (χ3v) is 3.30. The zero-order chi connectivity index (χ0) is 13.2. The van der Waals surface area contributed by atoms with Gasteiger partial charge in [0.2, 0.25) is 0 Å². The van der Waals surface area contributed by atoms with Crippen LogP contribution < -0.4 is 0 Å². The predicted molar refractivity (Wildman–Crippen MR) is 77.3 cm³/mol. The van der Waals surface area contributed by atoms with E-state index in [-0.39, 0.29) is 0 Å². The third-order valence-electron chi connectivity index (χ3n) is 3.30. The van der Waals surface area contributed by atoms with Crippen molar-refractivity contribution in [2.75, 3.05) is 13.1 Å². The monoisotopic (exact) mass is 255 g/mol. The number of aliphatic hydroxyl groups excluding tert-OH is 1. The number of aliphatic hydroxyl groups is 1. The van der Waals surface area contributed by atoms with Gasteiger partial charge in [-0.3, -0.25) is 4.99 Å². The average Bonchev–Trinajstić information content (AvgIpc) is 2.89. The first-order valence-corrected chi connectivity index (χ1v) is 6.69. The van der Waals surface area contributed by atoms with Gasteiger partial charge in [0.05, 0.1) is 18.0 Å². The normalized spacial score (nSPS) is 17.7. The number of aliphatic imine (C=N–C) groups is 2. The van der Waals surface area contributed by atoms with Crippen LogP contribution in [0.1, 0.15) is 25.3 Å². The van der Waals surface area contributed by atoms with Crippen LogP contribution in [-0.2, 0) is 0 Å². The van der Waals surface area contributed by atoms with Crippen molar-refractivity contribution in [3.8, 4) is 0 Å². The molecule has 0 bridgehead atoms. The summed E-state index contributed by atoms with van der Waals surface area (Å²) in [5.74, 6) is 2.15. The van der Waals surface area contributed by atoms with Crippen LogP contribution in [-0.4, -0.2) is 34.8 Å². The number of hydrogen-bond donors (Lipinski definition) is 1. The minimum atomic E-state index is 0.381. The Kier molecular flexibility index (Phi) is 3.07. The fourth-order valence-electron chi connectivity index (χ4n) is 2.43. The minimum absolute atomic E-state index is 0.381. The van der Waals surface area contributed by atoms with Crippen molar-refractivity contribution < 1.29 is 5.11 Å². The molecule has 19 heavy (non-hydrogen) atoms. The quantitative estimate of drug-likeness (QED) is 0.844. The van der Waals surface area contributed by atoms with Gasteiger partial charge in [0.25, 0.3) is 0 Å². The second-order valence-electron chi connectivity index (χ2n) is 4.73. The summed E-state index contributed by atoms with van der Waals surface area (Å²) in [7, 11) is 0. The lowest BCUT2D eigenvalue weighted by atomic mass is 10.1. The summed E-state index contributed by atoms with van der Waals surface area (Å²) in [6.45, 7) is 3.66. The van der Waals surface area contributed by atoms with Crippen LogP contribution in [0.25, 0.3) is 0 Å². The number of rotatable bonds is 3. The molecule has 0 unspecified atom stereocenters. The maximum atomic E-state index is 9.88. The van der Waals surface area contributed by atoms with E-state index in [9.17, 15) is 5.11 Å². The Morgan fingerprint density at radius 1 is 1.42 bits per heavy atom. The Morgan fingerprint density at radius 2 is 2.26 bits per heavy atom. The molecule has 4 heteroatoms. The molecule has 0 radical (unpaired) electrons. The van der Waals surface area contributed by atoms with Gasteiger partial charge in [-0.2, -0.15) is 0 Å². The molecule has 0 spiro atoms. The molecule has 1 N–H and O–H groups in total. The summed E-state index contributed by atoms with van der Waals surface area (Å²) in [5.41, 5.74) is 2.00. The van der Waals surface area contributed by atoms with Gasteiger partial charge in [-0.15, -0.1) is 0 Å². The highest BCUT2D eigenvalue weighted by Gasteiger charge is 2.28. The highest BCUT2D eigenvalue weighted by atomic mass is 16.3. The fourth-order valence-corrected chi connectivity index (χ4v) is 2.43. The van der Waals surface area contributed by atoms with Gasteiger partial charge in [-0.25, -0.2) is 4.99 Å². The molecule has 1 aromatic rings. The zero-order valence-electron chi connectivity index (χ0n) is 11.0. The maximum Gasteiger partial charge on any atom is 0.138 e. The van der Waals surface area contributed by atoms with Crippen molar-refractivity contribution >= 4 is 17.4 Å². The van der Waals surface area contributed by atoms with E-state index in [0.29, 0.717) is 12.2 Å². The zero-order valence-corrected chi connectivity index (χ0v) is 11.0. The summed E-state index contributed by atoms with van der Waals surface area (Å²) in [4.78, 5) is 11.3. The molecule has 0 aromatic heterocycles. The first-order valence-electron chi connectivity index (χ1n) is 6.69. The van der Waals surface area contributed by atoms with Crippen LogP contribution in [0.15, 0.2) is 46.1 Å². The van der Waals surface area contributed by atoms with Gasteiger partial charge in [-0.1, -0.05) is 19.1 Å². The van der Waals surface area contributed by atoms with Crippen LogP contribution in [0.2, 0.25) is 0 Å². The predicted octanol–water partition coefficient (Wildman–Crippen LogP) is 3.03. The van der Waals surface area contributed by atoms with Crippen LogP contribution in [0.3, 0.4) is 0 Å². The molecular weight excluding hydrogens is 238 g/mol. The van der Waals surface area contributed by atoms with Crippen molar-refractivity contribution in [3.05, 3.63) is 41.7 Å². The Bertz CT molecular complexity index is 587. The third kappa shape index (κ3) is 2.14. The second-order valence-corrected chi connectivity index (χ2v) is 4.73. The molecule has 2 heterocycles. The van der Waals surface area contributed by atoms with Crippen molar-refractivity contribution in [2.45, 2.75) is 19.8 Å². The van der Waals surface area contributed by atoms with E-state index < -0.39 is 0 Å². The largest absolute Gasteiger partial charge is 0.512 e. The fraction of sp³-hybridized carbons (Fsp3) is 0.333. The molecule has 0 atom stereocenters. The number of hydrogen-bond acceptors (Lipinski definition) is 4. The lowest BCUT2D eigenvalue weighted by molar-refractivity contribution is 0.387. The van der Waals surface area contributed by atoms with E-state index in [1.807, 2.05) is 31.2 Å². The van der Waals surface area contributed by atoms with E-state index in [2.05, 4.69) is 14.9 Å². The molecule has 3 rings (SSSR count). The lowest BCUT2D eigenvalue weighted by Crippen LogP contribution is -2.36. The van der Waals surface area contributed by atoms with Crippen molar-refractivity contribution in [1.82, 2.24) is 4.90 Å². The Balaban J connectivity index is 2.04. The van der Waals surface area contributed by atoms with Crippen molar-refractivity contribution in [3.63, 3.8) is 0 Å². The summed E-state index contributed by atoms with van der Waals surface area (Å²) in [6.07, 6.45) is 3.37. The average molecular weight is 255 g/mol. The van der Waals surface area contributed by atoms with Gasteiger partial charge >= 0.3 is 0 Å². The van der Waals surface area contributed by atoms with Crippen LogP contribution in [0.5, 0.6) is 0 Å². The van der Waals surface area contributed by atoms with Gasteiger partial charge in [0.15, 0.2) is 0 Å². The van der Waals surface area contributed by atoms with Crippen molar-refractivity contribution in [1.29, 1.82) is 0 Å². The van der Waals surface area contributed by atoms with E-state index in [1.54, 1.807) is 6.08 Å². The molecule has 0 aliphatic carbocycles. The highest BCUT2D eigenvalue weighted by molar-refractivity contribution is 6.18. The van der Waals surface area contributed by atoms with Crippen molar-refractivity contribution in [2.24, 2.45) is 9.98 Å².